The van der Waals surface area contributed by atoms with Crippen LogP contribution in [0.15, 0.2) is 22.8 Å². The predicted molar refractivity (Wildman–Crippen MR) is 62.8 cm³/mol. The number of hydrogen-bond donors (Lipinski definition) is 1. The summed E-state index contributed by atoms with van der Waals surface area (Å²) in [6.07, 6.45) is 3.77. The Bertz CT molecular complexity index is 439. The molecule has 0 saturated carbocycles. The molecule has 0 aromatic carbocycles. The zero-order valence-corrected chi connectivity index (χ0v) is 9.90. The van der Waals surface area contributed by atoms with E-state index in [2.05, 4.69) is 38.0 Å². The van der Waals surface area contributed by atoms with E-state index in [9.17, 15) is 0 Å². The highest BCUT2D eigenvalue weighted by atomic mass is 79.9. The van der Waals surface area contributed by atoms with Crippen molar-refractivity contribution in [3.8, 4) is 0 Å². The van der Waals surface area contributed by atoms with Crippen LogP contribution in [0.4, 0.5) is 0 Å². The summed E-state index contributed by atoms with van der Waals surface area (Å²) in [6.45, 7) is 0. The van der Waals surface area contributed by atoms with Gasteiger partial charge >= 0.3 is 0 Å². The SMILES string of the molecule is ClCCCc1cc2cc(Br)cnc2[nH]1. The number of aryl methyl sites for hydroxylation is 1. The molecule has 0 bridgehead atoms. The molecule has 2 nitrogen and oxygen atoms in total. The van der Waals surface area contributed by atoms with Crippen molar-refractivity contribution >= 4 is 38.6 Å². The fraction of sp³-hybridized carbons (Fsp3) is 0.300. The summed E-state index contributed by atoms with van der Waals surface area (Å²) in [5.74, 6) is 0.701. The number of aromatic nitrogens is 2. The maximum Gasteiger partial charge on any atom is 0.137 e. The van der Waals surface area contributed by atoms with E-state index < -0.39 is 0 Å². The third-order valence-corrected chi connectivity index (χ3v) is 2.77. The van der Waals surface area contributed by atoms with Gasteiger partial charge < -0.3 is 4.98 Å². The average molecular weight is 274 g/mol. The molecular weight excluding hydrogens is 263 g/mol. The topological polar surface area (TPSA) is 28.7 Å². The fourth-order valence-electron chi connectivity index (χ4n) is 1.44. The Morgan fingerprint density at radius 3 is 3.07 bits per heavy atom. The molecule has 0 radical (unpaired) electrons. The minimum atomic E-state index is 0.701. The molecule has 0 spiro atoms. The number of fused-ring (bicyclic) bond motifs is 1. The van der Waals surface area contributed by atoms with Crippen LogP contribution < -0.4 is 0 Å². The van der Waals surface area contributed by atoms with Gasteiger partial charge in [0.1, 0.15) is 5.65 Å². The van der Waals surface area contributed by atoms with Crippen LogP contribution in [0.2, 0.25) is 0 Å². The van der Waals surface area contributed by atoms with Gasteiger partial charge in [0.05, 0.1) is 0 Å². The molecular formula is C10H10BrClN2. The van der Waals surface area contributed by atoms with Crippen molar-refractivity contribution in [1.29, 1.82) is 0 Å². The predicted octanol–water partition coefficient (Wildman–Crippen LogP) is 3.50. The molecule has 0 aliphatic carbocycles. The van der Waals surface area contributed by atoms with Crippen molar-refractivity contribution in [3.63, 3.8) is 0 Å². The van der Waals surface area contributed by atoms with Crippen molar-refractivity contribution in [2.24, 2.45) is 0 Å². The Balaban J connectivity index is 2.32. The van der Waals surface area contributed by atoms with Gasteiger partial charge in [-0.25, -0.2) is 4.98 Å². The molecule has 0 unspecified atom stereocenters. The molecule has 0 amide bonds. The molecule has 74 valence electrons. The number of aromatic amines is 1. The van der Waals surface area contributed by atoms with Crippen molar-refractivity contribution in [3.05, 3.63) is 28.5 Å². The zero-order chi connectivity index (χ0) is 9.97. The molecule has 2 rings (SSSR count). The molecule has 0 atom stereocenters. The summed E-state index contributed by atoms with van der Waals surface area (Å²) in [5.41, 5.74) is 2.14. The third kappa shape index (κ3) is 2.10. The summed E-state index contributed by atoms with van der Waals surface area (Å²) in [7, 11) is 0. The van der Waals surface area contributed by atoms with Gasteiger partial charge in [0.2, 0.25) is 0 Å². The van der Waals surface area contributed by atoms with E-state index in [1.54, 1.807) is 6.20 Å². The Morgan fingerprint density at radius 1 is 1.43 bits per heavy atom. The lowest BCUT2D eigenvalue weighted by Crippen LogP contribution is -1.85. The molecule has 4 heteroatoms. The Morgan fingerprint density at radius 2 is 2.29 bits per heavy atom. The van der Waals surface area contributed by atoms with E-state index in [0.29, 0.717) is 5.88 Å². The minimum absolute atomic E-state index is 0.701. The van der Waals surface area contributed by atoms with Crippen LogP contribution in [0.25, 0.3) is 11.0 Å². The van der Waals surface area contributed by atoms with E-state index in [-0.39, 0.29) is 0 Å². The number of nitrogens with zero attached hydrogens (tertiary/aromatic N) is 1. The monoisotopic (exact) mass is 272 g/mol. The van der Waals surface area contributed by atoms with Crippen LogP contribution in [0.5, 0.6) is 0 Å². The summed E-state index contributed by atoms with van der Waals surface area (Å²) < 4.78 is 1.01. The molecule has 0 aliphatic heterocycles. The van der Waals surface area contributed by atoms with Gasteiger partial charge in [0.15, 0.2) is 0 Å². The Hall–Kier alpha value is -0.540. The van der Waals surface area contributed by atoms with Gasteiger partial charge in [-0.05, 0) is 40.9 Å². The van der Waals surface area contributed by atoms with Crippen molar-refractivity contribution in [2.75, 3.05) is 5.88 Å². The molecule has 1 N–H and O–H groups in total. The first kappa shape index (κ1) is 9.99. The van der Waals surface area contributed by atoms with Gasteiger partial charge in [-0.1, -0.05) is 0 Å². The fourth-order valence-corrected chi connectivity index (χ4v) is 1.92. The molecule has 0 saturated heterocycles. The molecule has 2 aromatic rings. The van der Waals surface area contributed by atoms with Crippen LogP contribution in [0.1, 0.15) is 12.1 Å². The minimum Gasteiger partial charge on any atom is -0.343 e. The van der Waals surface area contributed by atoms with Gasteiger partial charge in [-0.15, -0.1) is 11.6 Å². The molecule has 2 aromatic heterocycles. The van der Waals surface area contributed by atoms with Crippen LogP contribution in [-0.2, 0) is 6.42 Å². The van der Waals surface area contributed by atoms with E-state index in [1.165, 1.54) is 5.69 Å². The number of H-pyrrole nitrogens is 1. The molecule has 0 aliphatic rings. The van der Waals surface area contributed by atoms with Crippen molar-refractivity contribution < 1.29 is 0 Å². The number of pyridine rings is 1. The van der Waals surface area contributed by atoms with Gasteiger partial charge in [-0.2, -0.15) is 0 Å². The van der Waals surface area contributed by atoms with Gasteiger partial charge in [0.25, 0.3) is 0 Å². The van der Waals surface area contributed by atoms with E-state index >= 15 is 0 Å². The number of halogens is 2. The number of hydrogen-bond acceptors (Lipinski definition) is 1. The second-order valence-corrected chi connectivity index (χ2v) is 4.47. The maximum absolute atomic E-state index is 5.64. The first-order chi connectivity index (χ1) is 6.79. The van der Waals surface area contributed by atoms with Crippen LogP contribution in [0, 0.1) is 0 Å². The van der Waals surface area contributed by atoms with Crippen LogP contribution in [0.3, 0.4) is 0 Å². The molecule has 0 fully saturated rings. The first-order valence-electron chi connectivity index (χ1n) is 4.48. The standard InChI is InChI=1S/C10H10BrClN2/c11-8-4-7-5-9(2-1-3-12)14-10(7)13-6-8/h4-6H,1-3H2,(H,13,14). The van der Waals surface area contributed by atoms with E-state index in [4.69, 9.17) is 11.6 Å². The van der Waals surface area contributed by atoms with Gasteiger partial charge in [-0.3, -0.25) is 0 Å². The summed E-state index contributed by atoms with van der Waals surface area (Å²) >= 11 is 9.04. The second-order valence-electron chi connectivity index (χ2n) is 3.18. The Kier molecular flexibility index (Phi) is 3.08. The largest absolute Gasteiger partial charge is 0.343 e. The lowest BCUT2D eigenvalue weighted by molar-refractivity contribution is 0.901. The quantitative estimate of drug-likeness (QED) is 0.852. The first-order valence-corrected chi connectivity index (χ1v) is 5.81. The van der Waals surface area contributed by atoms with Crippen molar-refractivity contribution in [1.82, 2.24) is 9.97 Å². The highest BCUT2D eigenvalue weighted by molar-refractivity contribution is 9.10. The van der Waals surface area contributed by atoms with E-state index in [1.807, 2.05) is 0 Å². The lowest BCUT2D eigenvalue weighted by atomic mass is 10.2. The molecule has 14 heavy (non-hydrogen) atoms. The third-order valence-electron chi connectivity index (χ3n) is 2.07. The van der Waals surface area contributed by atoms with Crippen molar-refractivity contribution in [2.45, 2.75) is 12.8 Å². The van der Waals surface area contributed by atoms with Crippen LogP contribution >= 0.6 is 27.5 Å². The molecule has 2 heterocycles. The highest BCUT2D eigenvalue weighted by Gasteiger charge is 2.01. The summed E-state index contributed by atoms with van der Waals surface area (Å²) in [6, 6.07) is 4.18. The second kappa shape index (κ2) is 4.32. The number of nitrogens with one attached hydrogen (secondary N) is 1. The number of rotatable bonds is 3. The van der Waals surface area contributed by atoms with E-state index in [0.717, 1.165) is 28.3 Å². The maximum atomic E-state index is 5.64. The summed E-state index contributed by atoms with van der Waals surface area (Å²) in [5, 5.41) is 1.14. The summed E-state index contributed by atoms with van der Waals surface area (Å²) in [4.78, 5) is 7.54. The van der Waals surface area contributed by atoms with Crippen LogP contribution in [-0.4, -0.2) is 15.8 Å². The average Bonchev–Trinajstić information content (AvgIpc) is 2.56. The lowest BCUT2D eigenvalue weighted by Gasteiger charge is -1.91. The highest BCUT2D eigenvalue weighted by Crippen LogP contribution is 2.18. The van der Waals surface area contributed by atoms with Gasteiger partial charge in [0, 0.05) is 27.6 Å². The smallest absolute Gasteiger partial charge is 0.137 e. The Labute approximate surface area is 95.8 Å². The normalized spacial score (nSPS) is 11.0. The number of alkyl halides is 1. The zero-order valence-electron chi connectivity index (χ0n) is 7.56.